The van der Waals surface area contributed by atoms with Crippen LogP contribution in [0.5, 0.6) is 0 Å². The molecule has 0 spiro atoms. The van der Waals surface area contributed by atoms with Crippen molar-refractivity contribution in [3.05, 3.63) is 42.1 Å². The second-order valence-corrected chi connectivity index (χ2v) is 5.10. The maximum Gasteiger partial charge on any atom is 0.0767 e. The highest BCUT2D eigenvalue weighted by molar-refractivity contribution is 7.80. The molecule has 1 N–H and O–H groups in total. The number of likely N-dealkylation sites (N-methyl/N-ethyl adjacent to an activating group) is 1. The van der Waals surface area contributed by atoms with Gasteiger partial charge in [0.2, 0.25) is 0 Å². The van der Waals surface area contributed by atoms with Gasteiger partial charge < -0.3 is 10.2 Å². The van der Waals surface area contributed by atoms with Crippen LogP contribution in [-0.2, 0) is 0 Å². The minimum atomic E-state index is 0.852. The molecular weight excluding hydrogens is 254 g/mol. The molecule has 0 saturated heterocycles. The van der Waals surface area contributed by atoms with Gasteiger partial charge in [-0.25, -0.2) is 0 Å². The molecule has 0 bridgehead atoms. The van der Waals surface area contributed by atoms with E-state index in [-0.39, 0.29) is 0 Å². The highest BCUT2D eigenvalue weighted by Gasteiger charge is 2.05. The van der Waals surface area contributed by atoms with Crippen LogP contribution >= 0.6 is 12.6 Å². The number of hydrogen-bond donors (Lipinski definition) is 2. The topological polar surface area (TPSA) is 27.6 Å². The summed E-state index contributed by atoms with van der Waals surface area (Å²) >= 11 is 4.48. The second kappa shape index (κ2) is 5.97. The fourth-order valence-electron chi connectivity index (χ4n) is 1.87. The van der Waals surface area contributed by atoms with Gasteiger partial charge in [-0.2, -0.15) is 0 Å². The van der Waals surface area contributed by atoms with E-state index in [4.69, 9.17) is 0 Å². The molecule has 0 aliphatic heterocycles. The predicted molar refractivity (Wildman–Crippen MR) is 85.9 cm³/mol. The smallest absolute Gasteiger partial charge is 0.0767 e. The molecule has 4 heteroatoms. The van der Waals surface area contributed by atoms with Crippen molar-refractivity contribution in [2.24, 2.45) is 4.99 Å². The fraction of sp³-hybridized carbons (Fsp3) is 0.267. The van der Waals surface area contributed by atoms with Crippen LogP contribution in [0.25, 0.3) is 0 Å². The number of rotatable bonds is 3. The number of aliphatic imine (C=N–C) groups is 1. The van der Waals surface area contributed by atoms with Gasteiger partial charge in [-0.3, -0.25) is 4.99 Å². The van der Waals surface area contributed by atoms with Crippen LogP contribution in [0.4, 0.5) is 11.4 Å². The van der Waals surface area contributed by atoms with Crippen LogP contribution in [0.2, 0.25) is 0 Å². The van der Waals surface area contributed by atoms with Gasteiger partial charge in [-0.15, -0.1) is 12.6 Å². The first-order valence-electron chi connectivity index (χ1n) is 6.24. The van der Waals surface area contributed by atoms with Crippen molar-refractivity contribution >= 4 is 29.7 Å². The number of nitrogens with one attached hydrogen (secondary N) is 1. The maximum absolute atomic E-state index is 4.65. The molecule has 1 aromatic carbocycles. The minimum Gasteiger partial charge on any atom is -0.388 e. The summed E-state index contributed by atoms with van der Waals surface area (Å²) in [7, 11) is 5.98. The van der Waals surface area contributed by atoms with Crippen molar-refractivity contribution in [3.8, 4) is 0 Å². The molecule has 0 aromatic heterocycles. The molecule has 0 saturated carbocycles. The number of thiol groups is 1. The van der Waals surface area contributed by atoms with Gasteiger partial charge >= 0.3 is 0 Å². The Hall–Kier alpha value is -1.68. The van der Waals surface area contributed by atoms with E-state index in [0.717, 1.165) is 28.4 Å². The van der Waals surface area contributed by atoms with Crippen molar-refractivity contribution < 1.29 is 0 Å². The molecule has 0 fully saturated rings. The molecule has 100 valence electrons. The van der Waals surface area contributed by atoms with Gasteiger partial charge in [0.15, 0.2) is 0 Å². The third-order valence-electron chi connectivity index (χ3n) is 3.01. The SMILES string of the molecule is CNc1ccc(N=C2C=CC(N(C)C)=CC2)c(S)c1. The van der Waals surface area contributed by atoms with Crippen LogP contribution in [0, 0.1) is 0 Å². The Bertz CT molecular complexity index is 557. The standard InChI is InChI=1S/C15H19N3S/c1-16-12-6-9-14(15(19)10-12)17-11-4-7-13(8-5-11)18(2)3/h4,6-10,16,19H,5H2,1-3H3. The van der Waals surface area contributed by atoms with E-state index in [1.54, 1.807) is 0 Å². The van der Waals surface area contributed by atoms with Gasteiger partial charge in [-0.1, -0.05) is 6.08 Å². The summed E-state index contributed by atoms with van der Waals surface area (Å²) in [6.45, 7) is 0. The van der Waals surface area contributed by atoms with Crippen LogP contribution in [0.15, 0.2) is 52.0 Å². The number of allylic oxidation sites excluding steroid dienone is 3. The van der Waals surface area contributed by atoms with Gasteiger partial charge in [0, 0.05) is 49.6 Å². The highest BCUT2D eigenvalue weighted by atomic mass is 32.1. The Kier molecular flexibility index (Phi) is 4.32. The zero-order valence-electron chi connectivity index (χ0n) is 11.5. The van der Waals surface area contributed by atoms with E-state index in [2.05, 4.69) is 46.1 Å². The van der Waals surface area contributed by atoms with E-state index >= 15 is 0 Å². The molecule has 2 rings (SSSR count). The first-order chi connectivity index (χ1) is 9.10. The summed E-state index contributed by atoms with van der Waals surface area (Å²) in [6, 6.07) is 5.98. The van der Waals surface area contributed by atoms with Crippen LogP contribution in [-0.4, -0.2) is 31.8 Å². The van der Waals surface area contributed by atoms with E-state index in [0.29, 0.717) is 0 Å². The molecular formula is C15H19N3S. The lowest BCUT2D eigenvalue weighted by Gasteiger charge is -2.16. The molecule has 0 radical (unpaired) electrons. The Morgan fingerprint density at radius 1 is 1.26 bits per heavy atom. The van der Waals surface area contributed by atoms with Gasteiger partial charge in [0.1, 0.15) is 0 Å². The normalized spacial score (nSPS) is 16.4. The summed E-state index contributed by atoms with van der Waals surface area (Å²) in [5.74, 6) is 0. The highest BCUT2D eigenvalue weighted by Crippen LogP contribution is 2.27. The number of nitrogens with zero attached hydrogens (tertiary/aromatic N) is 2. The second-order valence-electron chi connectivity index (χ2n) is 4.62. The van der Waals surface area contributed by atoms with E-state index < -0.39 is 0 Å². The molecule has 0 heterocycles. The molecule has 1 aliphatic carbocycles. The lowest BCUT2D eigenvalue weighted by atomic mass is 10.1. The molecule has 3 nitrogen and oxygen atoms in total. The van der Waals surface area contributed by atoms with Crippen LogP contribution in [0.1, 0.15) is 6.42 Å². The quantitative estimate of drug-likeness (QED) is 0.825. The summed E-state index contributed by atoms with van der Waals surface area (Å²) in [5.41, 5.74) is 4.22. The minimum absolute atomic E-state index is 0.852. The van der Waals surface area contributed by atoms with Crippen LogP contribution < -0.4 is 5.32 Å². The molecule has 1 aromatic rings. The average molecular weight is 273 g/mol. The molecule has 0 unspecified atom stereocenters. The summed E-state index contributed by atoms with van der Waals surface area (Å²) in [4.78, 5) is 7.63. The summed E-state index contributed by atoms with van der Waals surface area (Å²) in [5, 5.41) is 3.09. The predicted octanol–water partition coefficient (Wildman–Crippen LogP) is 3.49. The summed E-state index contributed by atoms with van der Waals surface area (Å²) < 4.78 is 0. The van der Waals surface area contributed by atoms with Crippen molar-refractivity contribution in [2.45, 2.75) is 11.3 Å². The van der Waals surface area contributed by atoms with Gasteiger partial charge in [0.25, 0.3) is 0 Å². The van der Waals surface area contributed by atoms with E-state index in [1.807, 2.05) is 39.3 Å². The zero-order valence-corrected chi connectivity index (χ0v) is 12.4. The zero-order chi connectivity index (χ0) is 13.8. The third kappa shape index (κ3) is 3.41. The number of hydrogen-bond acceptors (Lipinski definition) is 4. The summed E-state index contributed by atoms with van der Waals surface area (Å²) in [6.07, 6.45) is 7.18. The Morgan fingerprint density at radius 2 is 2.05 bits per heavy atom. The largest absolute Gasteiger partial charge is 0.388 e. The van der Waals surface area contributed by atoms with Gasteiger partial charge in [0.05, 0.1) is 5.69 Å². The van der Waals surface area contributed by atoms with Crippen LogP contribution in [0.3, 0.4) is 0 Å². The third-order valence-corrected chi connectivity index (χ3v) is 3.37. The Balaban J connectivity index is 2.18. The van der Waals surface area contributed by atoms with Crippen molar-refractivity contribution in [3.63, 3.8) is 0 Å². The van der Waals surface area contributed by atoms with E-state index in [1.165, 1.54) is 5.70 Å². The molecule has 0 amide bonds. The first-order valence-corrected chi connectivity index (χ1v) is 6.69. The number of benzene rings is 1. The van der Waals surface area contributed by atoms with Gasteiger partial charge in [-0.05, 0) is 30.4 Å². The van der Waals surface area contributed by atoms with Crippen molar-refractivity contribution in [1.29, 1.82) is 0 Å². The Labute approximate surface area is 120 Å². The lowest BCUT2D eigenvalue weighted by molar-refractivity contribution is 0.527. The van der Waals surface area contributed by atoms with E-state index in [9.17, 15) is 0 Å². The monoisotopic (exact) mass is 273 g/mol. The number of anilines is 1. The van der Waals surface area contributed by atoms with Crippen molar-refractivity contribution in [1.82, 2.24) is 4.90 Å². The first kappa shape index (κ1) is 13.7. The average Bonchev–Trinajstić information content (AvgIpc) is 2.41. The molecule has 1 aliphatic rings. The molecule has 0 atom stereocenters. The Morgan fingerprint density at radius 3 is 2.58 bits per heavy atom. The molecule has 19 heavy (non-hydrogen) atoms. The lowest BCUT2D eigenvalue weighted by Crippen LogP contribution is -2.12. The fourth-order valence-corrected chi connectivity index (χ4v) is 2.13. The van der Waals surface area contributed by atoms with Crippen molar-refractivity contribution in [2.75, 3.05) is 26.5 Å². The maximum atomic E-state index is 4.65.